The Morgan fingerprint density at radius 2 is 2.06 bits per heavy atom. The molecule has 4 nitrogen and oxygen atoms in total. The molecule has 0 unspecified atom stereocenters. The molecular formula is C9H14F3NO3. The normalized spacial score (nSPS) is 12.7. The highest BCUT2D eigenvalue weighted by Crippen LogP contribution is 2.13. The molecular weight excluding hydrogens is 227 g/mol. The van der Waals surface area contributed by atoms with Crippen LogP contribution in [0.3, 0.4) is 0 Å². The number of hydroxylamine groups is 1. The molecule has 0 atom stereocenters. The van der Waals surface area contributed by atoms with E-state index in [2.05, 4.69) is 15.1 Å². The minimum atomic E-state index is -4.37. The van der Waals surface area contributed by atoms with E-state index in [1.165, 1.54) is 13.2 Å². The van der Waals surface area contributed by atoms with Gasteiger partial charge in [0.05, 0.1) is 7.11 Å². The molecule has 0 aliphatic carbocycles. The van der Waals surface area contributed by atoms with Gasteiger partial charge >= 0.3 is 12.1 Å². The lowest BCUT2D eigenvalue weighted by Gasteiger charge is -2.07. The highest BCUT2D eigenvalue weighted by atomic mass is 19.4. The van der Waals surface area contributed by atoms with Crippen LogP contribution in [0.1, 0.15) is 13.3 Å². The number of methoxy groups -OCH3 is 1. The van der Waals surface area contributed by atoms with Gasteiger partial charge in [-0.3, -0.25) is 4.84 Å². The monoisotopic (exact) mass is 241 g/mol. The highest BCUT2D eigenvalue weighted by molar-refractivity contribution is 5.88. The number of alkyl halides is 3. The summed E-state index contributed by atoms with van der Waals surface area (Å²) in [5.41, 5.74) is 2.46. The molecule has 0 aromatic carbocycles. The third kappa shape index (κ3) is 7.24. The van der Waals surface area contributed by atoms with Gasteiger partial charge in [0.15, 0.2) is 6.61 Å². The lowest BCUT2D eigenvalue weighted by Crippen LogP contribution is -2.25. The zero-order chi connectivity index (χ0) is 12.6. The third-order valence-electron chi connectivity index (χ3n) is 1.60. The van der Waals surface area contributed by atoms with Crippen molar-refractivity contribution in [2.75, 3.05) is 20.3 Å². The van der Waals surface area contributed by atoms with Gasteiger partial charge in [0, 0.05) is 12.1 Å². The number of nitrogens with one attached hydrogen (secondary N) is 1. The summed E-state index contributed by atoms with van der Waals surface area (Å²) in [6.07, 6.45) is -2.51. The molecule has 0 amide bonds. The van der Waals surface area contributed by atoms with Crippen LogP contribution in [0.5, 0.6) is 0 Å². The minimum Gasteiger partial charge on any atom is -0.466 e. The Kier molecular flexibility index (Phi) is 6.75. The molecule has 0 saturated heterocycles. The summed E-state index contributed by atoms with van der Waals surface area (Å²) in [6, 6.07) is 0. The van der Waals surface area contributed by atoms with E-state index >= 15 is 0 Å². The Hall–Kier alpha value is -1.08. The molecule has 0 aromatic heterocycles. The lowest BCUT2D eigenvalue weighted by molar-refractivity contribution is -0.188. The second kappa shape index (κ2) is 7.24. The first-order chi connectivity index (χ1) is 7.40. The Morgan fingerprint density at radius 3 is 2.50 bits per heavy atom. The average Bonchev–Trinajstić information content (AvgIpc) is 2.21. The molecule has 0 heterocycles. The van der Waals surface area contributed by atoms with Gasteiger partial charge in [0.2, 0.25) is 0 Å². The number of ether oxygens (including phenoxy) is 1. The quantitative estimate of drug-likeness (QED) is 0.332. The first kappa shape index (κ1) is 14.9. The summed E-state index contributed by atoms with van der Waals surface area (Å²) in [5, 5.41) is 0. The van der Waals surface area contributed by atoms with Crippen LogP contribution < -0.4 is 5.48 Å². The summed E-state index contributed by atoms with van der Waals surface area (Å²) >= 11 is 0. The molecule has 0 spiro atoms. The molecule has 0 aliphatic heterocycles. The summed E-state index contributed by atoms with van der Waals surface area (Å²) in [4.78, 5) is 15.2. The van der Waals surface area contributed by atoms with Crippen LogP contribution >= 0.6 is 0 Å². The van der Waals surface area contributed by atoms with Crippen molar-refractivity contribution >= 4 is 5.97 Å². The van der Waals surface area contributed by atoms with E-state index in [-0.39, 0.29) is 6.54 Å². The molecule has 16 heavy (non-hydrogen) atoms. The van der Waals surface area contributed by atoms with Crippen LogP contribution in [0.4, 0.5) is 13.2 Å². The summed E-state index contributed by atoms with van der Waals surface area (Å²) in [6.45, 7) is 0.369. The molecule has 0 aromatic rings. The molecule has 1 N–H and O–H groups in total. The topological polar surface area (TPSA) is 47.6 Å². The number of halogens is 3. The van der Waals surface area contributed by atoms with Gasteiger partial charge in [0.25, 0.3) is 0 Å². The zero-order valence-electron chi connectivity index (χ0n) is 9.06. The van der Waals surface area contributed by atoms with Crippen LogP contribution in [0.15, 0.2) is 11.6 Å². The van der Waals surface area contributed by atoms with Gasteiger partial charge in [-0.15, -0.1) is 0 Å². The predicted molar refractivity (Wildman–Crippen MR) is 50.4 cm³/mol. The second-order valence-electron chi connectivity index (χ2n) is 2.83. The van der Waals surface area contributed by atoms with Crippen LogP contribution in [0.2, 0.25) is 0 Å². The minimum absolute atomic E-state index is 0.00829. The van der Waals surface area contributed by atoms with Crippen molar-refractivity contribution in [3.8, 4) is 0 Å². The molecule has 0 rings (SSSR count). The first-order valence-corrected chi connectivity index (χ1v) is 4.59. The largest absolute Gasteiger partial charge is 0.466 e. The molecule has 94 valence electrons. The Morgan fingerprint density at radius 1 is 1.44 bits per heavy atom. The van der Waals surface area contributed by atoms with Gasteiger partial charge < -0.3 is 4.74 Å². The van der Waals surface area contributed by atoms with Gasteiger partial charge in [-0.2, -0.15) is 18.7 Å². The van der Waals surface area contributed by atoms with Gasteiger partial charge in [-0.1, -0.05) is 13.0 Å². The standard InChI is InChI=1S/C9H14F3NO3/c1-3-7(8(14)15-2)4-5-13-16-6-9(10,11)12/h4,13H,3,5-6H2,1-2H3. The van der Waals surface area contributed by atoms with Crippen molar-refractivity contribution in [2.45, 2.75) is 19.5 Å². The van der Waals surface area contributed by atoms with E-state index in [0.29, 0.717) is 12.0 Å². The SMILES string of the molecule is CCC(=CCNOCC(F)(F)F)C(=O)OC. The molecule has 0 saturated carbocycles. The van der Waals surface area contributed by atoms with E-state index in [9.17, 15) is 18.0 Å². The predicted octanol–water partition coefficient (Wildman–Crippen LogP) is 1.58. The van der Waals surface area contributed by atoms with Crippen LogP contribution in [0, 0.1) is 0 Å². The van der Waals surface area contributed by atoms with Crippen molar-refractivity contribution in [2.24, 2.45) is 0 Å². The van der Waals surface area contributed by atoms with E-state index in [0.717, 1.165) is 0 Å². The lowest BCUT2D eigenvalue weighted by atomic mass is 10.2. The average molecular weight is 241 g/mol. The Bertz CT molecular complexity index is 251. The maximum atomic E-state index is 11.6. The molecule has 0 aliphatic rings. The van der Waals surface area contributed by atoms with Crippen molar-refractivity contribution in [1.82, 2.24) is 5.48 Å². The summed E-state index contributed by atoms with van der Waals surface area (Å²) in [5.74, 6) is -0.500. The highest BCUT2D eigenvalue weighted by Gasteiger charge is 2.27. The van der Waals surface area contributed by atoms with Crippen LogP contribution in [-0.4, -0.2) is 32.4 Å². The fourth-order valence-corrected chi connectivity index (χ4v) is 0.860. The number of hydrogen-bond donors (Lipinski definition) is 1. The second-order valence-corrected chi connectivity index (χ2v) is 2.83. The number of carbonyl (C=O) groups is 1. The number of hydrogen-bond acceptors (Lipinski definition) is 4. The van der Waals surface area contributed by atoms with Crippen molar-refractivity contribution in [3.05, 3.63) is 11.6 Å². The van der Waals surface area contributed by atoms with Gasteiger partial charge in [0.1, 0.15) is 0 Å². The third-order valence-corrected chi connectivity index (χ3v) is 1.60. The van der Waals surface area contributed by atoms with Gasteiger partial charge in [-0.05, 0) is 6.42 Å². The van der Waals surface area contributed by atoms with E-state index < -0.39 is 18.8 Å². The van der Waals surface area contributed by atoms with Crippen LogP contribution in [-0.2, 0) is 14.4 Å². The van der Waals surface area contributed by atoms with Crippen LogP contribution in [0.25, 0.3) is 0 Å². The van der Waals surface area contributed by atoms with Crippen molar-refractivity contribution < 1.29 is 27.5 Å². The maximum absolute atomic E-state index is 11.6. The Labute approximate surface area is 91.4 Å². The zero-order valence-corrected chi connectivity index (χ0v) is 9.06. The molecule has 0 bridgehead atoms. The fourth-order valence-electron chi connectivity index (χ4n) is 0.860. The molecule has 0 fully saturated rings. The number of carbonyl (C=O) groups excluding carboxylic acids is 1. The van der Waals surface area contributed by atoms with Crippen molar-refractivity contribution in [1.29, 1.82) is 0 Å². The number of rotatable bonds is 6. The molecule has 0 radical (unpaired) electrons. The Balaban J connectivity index is 3.85. The smallest absolute Gasteiger partial charge is 0.413 e. The van der Waals surface area contributed by atoms with Gasteiger partial charge in [-0.25, -0.2) is 4.79 Å². The fraction of sp³-hybridized carbons (Fsp3) is 0.667. The van der Waals surface area contributed by atoms with Crippen molar-refractivity contribution in [3.63, 3.8) is 0 Å². The summed E-state index contributed by atoms with van der Waals surface area (Å²) < 4.78 is 39.4. The molecule has 7 heteroatoms. The summed E-state index contributed by atoms with van der Waals surface area (Å²) in [7, 11) is 1.24. The van der Waals surface area contributed by atoms with E-state index in [1.54, 1.807) is 6.92 Å². The van der Waals surface area contributed by atoms with E-state index in [4.69, 9.17) is 0 Å². The maximum Gasteiger partial charge on any atom is 0.413 e. The number of esters is 1. The first-order valence-electron chi connectivity index (χ1n) is 4.59. The van der Waals surface area contributed by atoms with E-state index in [1.807, 2.05) is 0 Å².